The van der Waals surface area contributed by atoms with E-state index in [1.54, 1.807) is 0 Å². The van der Waals surface area contributed by atoms with Crippen molar-refractivity contribution in [2.45, 2.75) is 6.42 Å². The van der Waals surface area contributed by atoms with Gasteiger partial charge in [0.15, 0.2) is 5.58 Å². The summed E-state index contributed by atoms with van der Waals surface area (Å²) >= 11 is 0. The lowest BCUT2D eigenvalue weighted by Crippen LogP contribution is -2.20. The first-order valence-corrected chi connectivity index (χ1v) is 5.58. The molecule has 0 bridgehead atoms. The van der Waals surface area contributed by atoms with Gasteiger partial charge >= 0.3 is 0 Å². The van der Waals surface area contributed by atoms with Gasteiger partial charge in [0, 0.05) is 25.6 Å². The molecule has 0 spiro atoms. The largest absolute Gasteiger partial charge is 0.423 e. The van der Waals surface area contributed by atoms with Gasteiger partial charge < -0.3 is 14.4 Å². The first-order chi connectivity index (χ1) is 7.86. The second-order valence-corrected chi connectivity index (χ2v) is 4.25. The van der Waals surface area contributed by atoms with E-state index in [-0.39, 0.29) is 6.61 Å². The smallest absolute Gasteiger partial charge is 0.298 e. The molecule has 2 heterocycles. The van der Waals surface area contributed by atoms with Crippen LogP contribution in [-0.2, 0) is 0 Å². The highest BCUT2D eigenvalue weighted by atomic mass is 16.4. The second kappa shape index (κ2) is 3.79. The normalized spacial score (nSPS) is 20.8. The molecule has 1 aromatic heterocycles. The number of para-hydroxylation sites is 2. The molecule has 0 unspecified atom stereocenters. The third kappa shape index (κ3) is 1.55. The van der Waals surface area contributed by atoms with Crippen molar-refractivity contribution in [2.75, 3.05) is 24.6 Å². The Morgan fingerprint density at radius 1 is 1.44 bits per heavy atom. The summed E-state index contributed by atoms with van der Waals surface area (Å²) < 4.78 is 5.68. The number of oxazole rings is 1. The first kappa shape index (κ1) is 9.66. The standard InChI is InChI=1S/C12H14N2O2/c15-8-9-5-6-14(7-9)12-13-10-3-1-2-4-11(10)16-12/h1-4,9,15H,5-8H2/t9-/m0/s1. The van der Waals surface area contributed by atoms with Gasteiger partial charge in [-0.3, -0.25) is 0 Å². The van der Waals surface area contributed by atoms with Crippen molar-refractivity contribution in [2.24, 2.45) is 5.92 Å². The number of rotatable bonds is 2. The van der Waals surface area contributed by atoms with Crippen molar-refractivity contribution >= 4 is 17.1 Å². The molecule has 1 fully saturated rings. The van der Waals surface area contributed by atoms with Crippen molar-refractivity contribution in [3.8, 4) is 0 Å². The maximum Gasteiger partial charge on any atom is 0.298 e. The van der Waals surface area contributed by atoms with Gasteiger partial charge in [-0.1, -0.05) is 12.1 Å². The Hall–Kier alpha value is -1.55. The molecular formula is C12H14N2O2. The fraction of sp³-hybridized carbons (Fsp3) is 0.417. The van der Waals surface area contributed by atoms with Crippen LogP contribution in [0.1, 0.15) is 6.42 Å². The van der Waals surface area contributed by atoms with E-state index in [0.717, 1.165) is 30.6 Å². The summed E-state index contributed by atoms with van der Waals surface area (Å²) in [7, 11) is 0. The van der Waals surface area contributed by atoms with Crippen molar-refractivity contribution in [3.05, 3.63) is 24.3 Å². The molecule has 1 aliphatic heterocycles. The third-order valence-electron chi connectivity index (χ3n) is 3.10. The molecule has 0 radical (unpaired) electrons. The summed E-state index contributed by atoms with van der Waals surface area (Å²) in [4.78, 5) is 6.54. The van der Waals surface area contributed by atoms with E-state index in [9.17, 15) is 0 Å². The van der Waals surface area contributed by atoms with Crippen LogP contribution in [0.3, 0.4) is 0 Å². The Balaban J connectivity index is 1.89. The molecule has 16 heavy (non-hydrogen) atoms. The van der Waals surface area contributed by atoms with Crippen molar-refractivity contribution in [1.82, 2.24) is 4.98 Å². The lowest BCUT2D eigenvalue weighted by Gasteiger charge is -2.12. The zero-order valence-electron chi connectivity index (χ0n) is 8.97. The van der Waals surface area contributed by atoms with E-state index in [1.807, 2.05) is 24.3 Å². The molecule has 1 atom stereocenters. The average Bonchev–Trinajstić information content (AvgIpc) is 2.95. The number of benzene rings is 1. The van der Waals surface area contributed by atoms with Crippen LogP contribution in [0.5, 0.6) is 0 Å². The molecule has 0 saturated carbocycles. The van der Waals surface area contributed by atoms with Crippen LogP contribution >= 0.6 is 0 Å². The number of aliphatic hydroxyl groups is 1. The summed E-state index contributed by atoms with van der Waals surface area (Å²) in [5, 5.41) is 9.09. The Morgan fingerprint density at radius 2 is 2.31 bits per heavy atom. The first-order valence-electron chi connectivity index (χ1n) is 5.58. The van der Waals surface area contributed by atoms with Crippen LogP contribution in [0.15, 0.2) is 28.7 Å². The summed E-state index contributed by atoms with van der Waals surface area (Å²) in [5.74, 6) is 0.356. The number of aromatic nitrogens is 1. The van der Waals surface area contributed by atoms with Crippen LogP contribution < -0.4 is 4.90 Å². The Labute approximate surface area is 93.5 Å². The van der Waals surface area contributed by atoms with Gasteiger partial charge in [0.1, 0.15) is 5.52 Å². The number of hydrogen-bond acceptors (Lipinski definition) is 4. The fourth-order valence-corrected chi connectivity index (χ4v) is 2.15. The molecule has 4 nitrogen and oxygen atoms in total. The average molecular weight is 218 g/mol. The predicted molar refractivity (Wildman–Crippen MR) is 61.4 cm³/mol. The highest BCUT2D eigenvalue weighted by molar-refractivity contribution is 5.74. The van der Waals surface area contributed by atoms with Crippen LogP contribution in [0, 0.1) is 5.92 Å². The second-order valence-electron chi connectivity index (χ2n) is 4.25. The molecule has 0 aliphatic carbocycles. The van der Waals surface area contributed by atoms with Crippen molar-refractivity contribution < 1.29 is 9.52 Å². The Morgan fingerprint density at radius 3 is 3.06 bits per heavy atom. The van der Waals surface area contributed by atoms with Gasteiger partial charge in [-0.2, -0.15) is 4.98 Å². The summed E-state index contributed by atoms with van der Waals surface area (Å²) in [6.45, 7) is 2.00. The van der Waals surface area contributed by atoms with E-state index < -0.39 is 0 Å². The topological polar surface area (TPSA) is 49.5 Å². The molecule has 1 aromatic carbocycles. The van der Waals surface area contributed by atoms with Crippen LogP contribution in [0.25, 0.3) is 11.1 Å². The number of anilines is 1. The zero-order chi connectivity index (χ0) is 11.0. The lowest BCUT2D eigenvalue weighted by atomic mass is 10.1. The summed E-state index contributed by atoms with van der Waals surface area (Å²) in [6.07, 6.45) is 1.01. The highest BCUT2D eigenvalue weighted by Crippen LogP contribution is 2.26. The predicted octanol–water partition coefficient (Wildman–Crippen LogP) is 1.65. The van der Waals surface area contributed by atoms with Gasteiger partial charge in [0.25, 0.3) is 6.01 Å². The molecule has 4 heteroatoms. The minimum absolute atomic E-state index is 0.247. The van der Waals surface area contributed by atoms with E-state index in [4.69, 9.17) is 9.52 Å². The van der Waals surface area contributed by atoms with E-state index >= 15 is 0 Å². The number of fused-ring (bicyclic) bond motifs is 1. The molecule has 1 saturated heterocycles. The molecule has 1 N–H and O–H groups in total. The van der Waals surface area contributed by atoms with Crippen LogP contribution in [0.4, 0.5) is 6.01 Å². The summed E-state index contributed by atoms with van der Waals surface area (Å²) in [6, 6.07) is 8.44. The summed E-state index contributed by atoms with van der Waals surface area (Å²) in [5.41, 5.74) is 1.72. The van der Waals surface area contributed by atoms with Crippen molar-refractivity contribution in [3.63, 3.8) is 0 Å². The lowest BCUT2D eigenvalue weighted by molar-refractivity contribution is 0.238. The highest BCUT2D eigenvalue weighted by Gasteiger charge is 2.25. The minimum atomic E-state index is 0.247. The third-order valence-corrected chi connectivity index (χ3v) is 3.10. The molecule has 2 aromatic rings. The SMILES string of the molecule is OC[C@H]1CCN(c2nc3ccccc3o2)C1. The van der Waals surface area contributed by atoms with Crippen molar-refractivity contribution in [1.29, 1.82) is 0 Å². The molecule has 0 amide bonds. The molecule has 1 aliphatic rings. The van der Waals surface area contributed by atoms with Gasteiger partial charge in [0.2, 0.25) is 0 Å². The minimum Gasteiger partial charge on any atom is -0.423 e. The number of aliphatic hydroxyl groups excluding tert-OH is 1. The van der Waals surface area contributed by atoms with Gasteiger partial charge in [-0.15, -0.1) is 0 Å². The Bertz CT molecular complexity index is 461. The van der Waals surface area contributed by atoms with Gasteiger partial charge in [-0.25, -0.2) is 0 Å². The quantitative estimate of drug-likeness (QED) is 0.832. The number of hydrogen-bond donors (Lipinski definition) is 1. The zero-order valence-corrected chi connectivity index (χ0v) is 8.97. The maximum absolute atomic E-state index is 9.09. The molecule has 3 rings (SSSR count). The van der Waals surface area contributed by atoms with E-state index in [1.165, 1.54) is 0 Å². The van der Waals surface area contributed by atoms with Crippen LogP contribution in [-0.4, -0.2) is 29.8 Å². The van der Waals surface area contributed by atoms with Gasteiger partial charge in [-0.05, 0) is 18.6 Å². The monoisotopic (exact) mass is 218 g/mol. The Kier molecular flexibility index (Phi) is 2.29. The molecular weight excluding hydrogens is 204 g/mol. The van der Waals surface area contributed by atoms with E-state index in [0.29, 0.717) is 11.9 Å². The van der Waals surface area contributed by atoms with Gasteiger partial charge in [0.05, 0.1) is 0 Å². The fourth-order valence-electron chi connectivity index (χ4n) is 2.15. The number of nitrogens with zero attached hydrogens (tertiary/aromatic N) is 2. The van der Waals surface area contributed by atoms with Crippen LogP contribution in [0.2, 0.25) is 0 Å². The van der Waals surface area contributed by atoms with E-state index in [2.05, 4.69) is 9.88 Å². The maximum atomic E-state index is 9.09. The molecule has 84 valence electrons.